The first-order valence-electron chi connectivity index (χ1n) is 19.5. The number of nitrogens with one attached hydrogen (secondary N) is 2. The van der Waals surface area contributed by atoms with E-state index in [1.165, 1.54) is 7.11 Å². The normalized spacial score (nSPS) is 21.3. The molecule has 5 atom stereocenters. The number of ether oxygens (including phenoxy) is 3. The monoisotopic (exact) mass is 738 g/mol. The smallest absolute Gasteiger partial charge is 0.469 e. The zero-order chi connectivity index (χ0) is 38.5. The lowest BCUT2D eigenvalue weighted by Gasteiger charge is -2.31. The second-order valence-electron chi connectivity index (χ2n) is 15.7. The van der Waals surface area contributed by atoms with Crippen molar-refractivity contribution in [2.75, 3.05) is 20.3 Å². The Hall–Kier alpha value is -4.09. The number of hydrogen-bond donors (Lipinski definition) is 2. The van der Waals surface area contributed by atoms with Crippen molar-refractivity contribution in [1.82, 2.24) is 10.6 Å². The van der Waals surface area contributed by atoms with Gasteiger partial charge in [0.2, 0.25) is 11.7 Å². The summed E-state index contributed by atoms with van der Waals surface area (Å²) in [7, 11) is 1.23. The second kappa shape index (κ2) is 19.8. The van der Waals surface area contributed by atoms with Crippen LogP contribution in [-0.2, 0) is 43.0 Å². The Bertz CT molecular complexity index is 1450. The Kier molecular flexibility index (Phi) is 15.6. The highest BCUT2D eigenvalue weighted by Crippen LogP contribution is 2.56. The molecule has 2 N–H and O–H groups in total. The molecule has 0 aliphatic heterocycles. The molecule has 0 saturated heterocycles. The summed E-state index contributed by atoms with van der Waals surface area (Å²) in [4.78, 5) is 93.3. The molecule has 1 aromatic carbocycles. The number of carbonyl (C=O) groups excluding carboxylic acids is 7. The number of amides is 2. The van der Waals surface area contributed by atoms with Crippen LogP contribution in [0, 0.1) is 29.1 Å². The molecule has 4 rings (SSSR count). The topological polar surface area (TPSA) is 171 Å². The summed E-state index contributed by atoms with van der Waals surface area (Å²) in [5.41, 5.74) is 0.396. The van der Waals surface area contributed by atoms with Crippen LogP contribution in [0.25, 0.3) is 0 Å². The maximum Gasteiger partial charge on any atom is 0.509 e. The van der Waals surface area contributed by atoms with Crippen molar-refractivity contribution in [2.45, 2.75) is 129 Å². The van der Waals surface area contributed by atoms with Crippen LogP contribution in [-0.4, -0.2) is 73.7 Å². The Balaban J connectivity index is 1.45. The average molecular weight is 739 g/mol. The van der Waals surface area contributed by atoms with E-state index in [2.05, 4.69) is 10.6 Å². The van der Waals surface area contributed by atoms with Gasteiger partial charge in [0.1, 0.15) is 0 Å². The van der Waals surface area contributed by atoms with Crippen LogP contribution in [0.1, 0.15) is 122 Å². The minimum atomic E-state index is -1.16. The van der Waals surface area contributed by atoms with E-state index in [0.717, 1.165) is 57.8 Å². The summed E-state index contributed by atoms with van der Waals surface area (Å²) in [5.74, 6) is -6.14. The molecular weight excluding hydrogens is 680 g/mol. The highest BCUT2D eigenvalue weighted by Gasteiger charge is 2.54. The van der Waals surface area contributed by atoms with Crippen LogP contribution >= 0.6 is 0 Å². The van der Waals surface area contributed by atoms with Gasteiger partial charge in [-0.2, -0.15) is 0 Å². The van der Waals surface area contributed by atoms with Gasteiger partial charge in [-0.05, 0) is 61.8 Å². The van der Waals surface area contributed by atoms with Crippen LogP contribution < -0.4 is 10.6 Å². The predicted molar refractivity (Wildman–Crippen MR) is 195 cm³/mol. The number of rotatable bonds is 18. The number of Topliss-reactive ketones (excluding diaryl/α,β-unsaturated/α-hetero) is 3. The maximum atomic E-state index is 14.5. The van der Waals surface area contributed by atoms with Gasteiger partial charge in [0.15, 0.2) is 17.7 Å². The van der Waals surface area contributed by atoms with Crippen LogP contribution in [0.15, 0.2) is 30.3 Å². The van der Waals surface area contributed by atoms with Crippen molar-refractivity contribution in [1.29, 1.82) is 0 Å². The highest BCUT2D eigenvalue weighted by atomic mass is 16.7. The number of ketones is 3. The lowest BCUT2D eigenvalue weighted by molar-refractivity contribution is -0.144. The minimum absolute atomic E-state index is 0.0939. The van der Waals surface area contributed by atoms with Gasteiger partial charge in [0.25, 0.3) is 5.91 Å². The standard InChI is InChI=1S/C41H58N2O10/c1-5-14-33(35(46)38(48)42-24-29(44)21-30(39(49)51-4)27-15-8-6-9-16-27)43-37(47)32-23-41(19-12-13-20-41)22-31(32)34(45)36(28-17-10-7-11-18-28)53-40(50)52-25-26(2)3/h6,8-9,15-16,26,28,30-33,36H,5,7,10-14,17-25H2,1-4H3,(H,42,48)(H,43,47)/t30?,31?,32-,33?,36+/m1/s1. The zero-order valence-corrected chi connectivity index (χ0v) is 31.8. The van der Waals surface area contributed by atoms with Crippen molar-refractivity contribution in [3.8, 4) is 0 Å². The van der Waals surface area contributed by atoms with Crippen molar-refractivity contribution < 1.29 is 47.8 Å². The van der Waals surface area contributed by atoms with E-state index >= 15 is 0 Å². The average Bonchev–Trinajstić information content (AvgIpc) is 3.80. The molecule has 0 radical (unpaired) electrons. The summed E-state index contributed by atoms with van der Waals surface area (Å²) in [6.45, 7) is 5.33. The van der Waals surface area contributed by atoms with Crippen molar-refractivity contribution in [3.05, 3.63) is 35.9 Å². The first kappa shape index (κ1) is 41.7. The van der Waals surface area contributed by atoms with Crippen LogP contribution in [0.5, 0.6) is 0 Å². The van der Waals surface area contributed by atoms with E-state index in [-0.39, 0.29) is 42.5 Å². The zero-order valence-electron chi connectivity index (χ0n) is 31.8. The highest BCUT2D eigenvalue weighted by molar-refractivity contribution is 6.38. The predicted octanol–water partition coefficient (Wildman–Crippen LogP) is 5.79. The van der Waals surface area contributed by atoms with Gasteiger partial charge < -0.3 is 24.8 Å². The van der Waals surface area contributed by atoms with Gasteiger partial charge in [-0.3, -0.25) is 28.8 Å². The largest absolute Gasteiger partial charge is 0.509 e. The van der Waals surface area contributed by atoms with Gasteiger partial charge in [-0.1, -0.05) is 89.6 Å². The molecule has 3 saturated carbocycles. The van der Waals surface area contributed by atoms with Crippen LogP contribution in [0.2, 0.25) is 0 Å². The molecular formula is C41H58N2O10. The molecule has 3 fully saturated rings. The summed E-state index contributed by atoms with van der Waals surface area (Å²) >= 11 is 0. The fourth-order valence-corrected chi connectivity index (χ4v) is 8.54. The van der Waals surface area contributed by atoms with Crippen LogP contribution in [0.3, 0.4) is 0 Å². The van der Waals surface area contributed by atoms with E-state index in [9.17, 15) is 33.6 Å². The van der Waals surface area contributed by atoms with Crippen molar-refractivity contribution in [3.63, 3.8) is 0 Å². The second-order valence-corrected chi connectivity index (χ2v) is 15.7. The molecule has 12 nitrogen and oxygen atoms in total. The molecule has 292 valence electrons. The minimum Gasteiger partial charge on any atom is -0.469 e. The van der Waals surface area contributed by atoms with Gasteiger partial charge in [0, 0.05) is 24.2 Å². The summed E-state index contributed by atoms with van der Waals surface area (Å²) in [5, 5.41) is 5.18. The SMILES string of the molecule is CCCC(NC(=O)[C@@H]1CC2(CCCC2)CC1C(=O)[C@@H](OC(=O)OCC(C)C)C1CCCCC1)C(=O)C(=O)NCC(=O)CC(C(=O)OC)c1ccccc1. The molecule has 0 heterocycles. The number of esters is 1. The first-order valence-corrected chi connectivity index (χ1v) is 19.5. The van der Waals surface area contributed by atoms with Gasteiger partial charge in [-0.15, -0.1) is 0 Å². The number of hydrogen-bond acceptors (Lipinski definition) is 10. The van der Waals surface area contributed by atoms with E-state index in [1.807, 2.05) is 20.8 Å². The lowest BCUT2D eigenvalue weighted by atomic mass is 9.78. The number of carbonyl (C=O) groups is 7. The molecule has 2 amide bonds. The molecule has 1 aromatic rings. The fourth-order valence-electron chi connectivity index (χ4n) is 8.54. The molecule has 1 spiro atoms. The van der Waals surface area contributed by atoms with E-state index in [4.69, 9.17) is 14.2 Å². The van der Waals surface area contributed by atoms with Gasteiger partial charge >= 0.3 is 12.1 Å². The number of benzene rings is 1. The third kappa shape index (κ3) is 11.5. The summed E-state index contributed by atoms with van der Waals surface area (Å²) in [6, 6.07) is 7.51. The summed E-state index contributed by atoms with van der Waals surface area (Å²) in [6.07, 6.45) is 7.64. The quantitative estimate of drug-likeness (QED) is 0.139. The molecule has 3 aliphatic carbocycles. The lowest BCUT2D eigenvalue weighted by Crippen LogP contribution is -2.51. The van der Waals surface area contributed by atoms with Crippen molar-refractivity contribution in [2.24, 2.45) is 29.1 Å². The van der Waals surface area contributed by atoms with Crippen LogP contribution in [0.4, 0.5) is 4.79 Å². The molecule has 12 heteroatoms. The van der Waals surface area contributed by atoms with E-state index in [1.54, 1.807) is 30.3 Å². The van der Waals surface area contributed by atoms with Gasteiger partial charge in [0.05, 0.1) is 32.2 Å². The molecule has 53 heavy (non-hydrogen) atoms. The Morgan fingerprint density at radius 3 is 2.17 bits per heavy atom. The molecule has 0 bridgehead atoms. The molecule has 3 aliphatic rings. The Labute approximate surface area is 313 Å². The Morgan fingerprint density at radius 1 is 0.887 bits per heavy atom. The fraction of sp³-hybridized carbons (Fsp3) is 0.683. The van der Waals surface area contributed by atoms with Crippen molar-refractivity contribution >= 4 is 41.3 Å². The molecule has 3 unspecified atom stereocenters. The molecule has 0 aromatic heterocycles. The third-order valence-corrected chi connectivity index (χ3v) is 11.3. The number of methoxy groups -OCH3 is 1. The maximum absolute atomic E-state index is 14.5. The summed E-state index contributed by atoms with van der Waals surface area (Å²) < 4.78 is 16.0. The van der Waals surface area contributed by atoms with Gasteiger partial charge in [-0.25, -0.2) is 4.79 Å². The van der Waals surface area contributed by atoms with E-state index in [0.29, 0.717) is 24.8 Å². The first-order chi connectivity index (χ1) is 25.4. The third-order valence-electron chi connectivity index (χ3n) is 11.3. The van der Waals surface area contributed by atoms with E-state index < -0.39 is 71.9 Å². The Morgan fingerprint density at radius 2 is 1.55 bits per heavy atom.